The molecule has 0 saturated carbocycles. The summed E-state index contributed by atoms with van der Waals surface area (Å²) in [5, 5.41) is 9.24. The summed E-state index contributed by atoms with van der Waals surface area (Å²) in [7, 11) is 0. The maximum Gasteiger partial charge on any atom is 0.113 e. The van der Waals surface area contributed by atoms with Crippen molar-refractivity contribution in [3.8, 4) is 6.07 Å². The fraction of sp³-hybridized carbons (Fsp3) is 0.0769. The van der Waals surface area contributed by atoms with Crippen molar-refractivity contribution in [3.05, 3.63) is 58.3 Å². The van der Waals surface area contributed by atoms with Gasteiger partial charge < -0.3 is 5.73 Å². The van der Waals surface area contributed by atoms with Crippen LogP contribution in [0.4, 0.5) is 5.69 Å². The Labute approximate surface area is 108 Å². The fourth-order valence-corrected chi connectivity index (χ4v) is 1.82. The molecule has 0 radical (unpaired) electrons. The van der Waals surface area contributed by atoms with E-state index >= 15 is 0 Å². The molecule has 0 aliphatic carbocycles. The summed E-state index contributed by atoms with van der Waals surface area (Å²) >= 11 is 3.37. The standard InChI is InChI=1S/C13H10BrN3/c14-10-3-1-9(2-4-10)12(7-15)13-6-5-11(16)8-17-13/h1-6,8,12H,16H2. The third kappa shape index (κ3) is 2.63. The Hall–Kier alpha value is -1.86. The van der Waals surface area contributed by atoms with Gasteiger partial charge in [-0.3, -0.25) is 4.98 Å². The van der Waals surface area contributed by atoms with Crippen LogP contribution in [0.2, 0.25) is 0 Å². The van der Waals surface area contributed by atoms with E-state index in [1.54, 1.807) is 18.3 Å². The van der Waals surface area contributed by atoms with Gasteiger partial charge in [-0.1, -0.05) is 28.1 Å². The average Bonchev–Trinajstić information content (AvgIpc) is 2.35. The van der Waals surface area contributed by atoms with Crippen LogP contribution in [-0.4, -0.2) is 4.98 Å². The lowest BCUT2D eigenvalue weighted by atomic mass is 9.97. The molecule has 1 heterocycles. The van der Waals surface area contributed by atoms with Crippen LogP contribution in [0.5, 0.6) is 0 Å². The van der Waals surface area contributed by atoms with Crippen LogP contribution in [-0.2, 0) is 0 Å². The summed E-state index contributed by atoms with van der Waals surface area (Å²) in [6.45, 7) is 0. The summed E-state index contributed by atoms with van der Waals surface area (Å²) in [4.78, 5) is 4.19. The molecule has 1 unspecified atom stereocenters. The zero-order valence-electron chi connectivity index (χ0n) is 8.97. The second-order valence-electron chi connectivity index (χ2n) is 3.63. The van der Waals surface area contributed by atoms with Crippen LogP contribution in [0.1, 0.15) is 17.2 Å². The van der Waals surface area contributed by atoms with Crippen molar-refractivity contribution < 1.29 is 0 Å². The molecule has 2 rings (SSSR count). The highest BCUT2D eigenvalue weighted by Gasteiger charge is 2.14. The van der Waals surface area contributed by atoms with Gasteiger partial charge in [0.2, 0.25) is 0 Å². The molecule has 1 aromatic carbocycles. The molecule has 4 heteroatoms. The number of pyridine rings is 1. The van der Waals surface area contributed by atoms with E-state index in [0.29, 0.717) is 11.4 Å². The van der Waals surface area contributed by atoms with E-state index in [9.17, 15) is 5.26 Å². The molecule has 3 nitrogen and oxygen atoms in total. The van der Waals surface area contributed by atoms with Crippen LogP contribution < -0.4 is 5.73 Å². The molecule has 0 amide bonds. The predicted molar refractivity (Wildman–Crippen MR) is 70.2 cm³/mol. The van der Waals surface area contributed by atoms with E-state index < -0.39 is 0 Å². The molecule has 0 fully saturated rings. The molecule has 2 N–H and O–H groups in total. The minimum absolute atomic E-state index is 0.358. The molecule has 0 aliphatic heterocycles. The van der Waals surface area contributed by atoms with Crippen LogP contribution in [0.25, 0.3) is 0 Å². The van der Waals surface area contributed by atoms with Crippen molar-refractivity contribution in [2.45, 2.75) is 5.92 Å². The molecule has 0 bridgehead atoms. The lowest BCUT2D eigenvalue weighted by molar-refractivity contribution is 0.967. The molecular formula is C13H10BrN3. The van der Waals surface area contributed by atoms with E-state index in [1.165, 1.54) is 0 Å². The third-order valence-corrected chi connectivity index (χ3v) is 2.97. The van der Waals surface area contributed by atoms with Gasteiger partial charge in [-0.2, -0.15) is 5.26 Å². The third-order valence-electron chi connectivity index (χ3n) is 2.44. The highest BCUT2D eigenvalue weighted by Crippen LogP contribution is 2.24. The first-order valence-electron chi connectivity index (χ1n) is 5.07. The largest absolute Gasteiger partial charge is 0.397 e. The Bertz CT molecular complexity index is 495. The second-order valence-corrected chi connectivity index (χ2v) is 4.55. The van der Waals surface area contributed by atoms with Crippen LogP contribution in [0, 0.1) is 11.3 Å². The molecule has 1 atom stereocenters. The van der Waals surface area contributed by atoms with Crippen molar-refractivity contribution >= 4 is 21.6 Å². The summed E-state index contributed by atoms with van der Waals surface area (Å²) in [5.41, 5.74) is 7.81. The Morgan fingerprint density at radius 3 is 2.41 bits per heavy atom. The van der Waals surface area contributed by atoms with Gasteiger partial charge in [0.1, 0.15) is 5.92 Å². The molecule has 0 aliphatic rings. The fourth-order valence-electron chi connectivity index (χ4n) is 1.55. The normalized spacial score (nSPS) is 11.8. The number of nitrogens with two attached hydrogens (primary N) is 1. The molecule has 84 valence electrons. The highest BCUT2D eigenvalue weighted by atomic mass is 79.9. The zero-order chi connectivity index (χ0) is 12.3. The topological polar surface area (TPSA) is 62.7 Å². The monoisotopic (exact) mass is 287 g/mol. The van der Waals surface area contributed by atoms with Crippen LogP contribution in [0.15, 0.2) is 47.1 Å². The van der Waals surface area contributed by atoms with Crippen LogP contribution in [0.3, 0.4) is 0 Å². The Morgan fingerprint density at radius 1 is 1.18 bits per heavy atom. The van der Waals surface area contributed by atoms with Crippen molar-refractivity contribution in [1.82, 2.24) is 4.98 Å². The number of hydrogen-bond donors (Lipinski definition) is 1. The number of nitrogens with zero attached hydrogens (tertiary/aromatic N) is 2. The number of hydrogen-bond acceptors (Lipinski definition) is 3. The Kier molecular flexibility index (Phi) is 3.40. The van der Waals surface area contributed by atoms with Crippen LogP contribution >= 0.6 is 15.9 Å². The first-order valence-corrected chi connectivity index (χ1v) is 5.86. The number of aromatic nitrogens is 1. The summed E-state index contributed by atoms with van der Waals surface area (Å²) < 4.78 is 0.989. The number of benzene rings is 1. The first-order chi connectivity index (χ1) is 8.20. The number of nitriles is 1. The van der Waals surface area contributed by atoms with Gasteiger partial charge in [-0.25, -0.2) is 0 Å². The quantitative estimate of drug-likeness (QED) is 0.923. The maximum atomic E-state index is 9.24. The Morgan fingerprint density at radius 2 is 1.88 bits per heavy atom. The van der Waals surface area contributed by atoms with Crippen molar-refractivity contribution in [2.24, 2.45) is 0 Å². The van der Waals surface area contributed by atoms with Gasteiger partial charge in [-0.15, -0.1) is 0 Å². The lowest BCUT2D eigenvalue weighted by Gasteiger charge is -2.09. The molecule has 2 aromatic rings. The SMILES string of the molecule is N#CC(c1ccc(Br)cc1)c1ccc(N)cn1. The average molecular weight is 288 g/mol. The highest BCUT2D eigenvalue weighted by molar-refractivity contribution is 9.10. The van der Waals surface area contributed by atoms with Gasteiger partial charge >= 0.3 is 0 Å². The lowest BCUT2D eigenvalue weighted by Crippen LogP contribution is -2.01. The molecule has 17 heavy (non-hydrogen) atoms. The van der Waals surface area contributed by atoms with E-state index in [4.69, 9.17) is 5.73 Å². The summed E-state index contributed by atoms with van der Waals surface area (Å²) in [5.74, 6) is -0.358. The van der Waals surface area contributed by atoms with Gasteiger partial charge in [0.25, 0.3) is 0 Å². The molecule has 0 spiro atoms. The minimum atomic E-state index is -0.358. The summed E-state index contributed by atoms with van der Waals surface area (Å²) in [6, 6.07) is 13.4. The Balaban J connectivity index is 2.37. The number of nitrogen functional groups attached to an aromatic ring is 1. The number of anilines is 1. The molecule has 1 aromatic heterocycles. The van der Waals surface area contributed by atoms with E-state index in [-0.39, 0.29) is 5.92 Å². The summed E-state index contributed by atoms with van der Waals surface area (Å²) in [6.07, 6.45) is 1.57. The maximum absolute atomic E-state index is 9.24. The number of rotatable bonds is 2. The van der Waals surface area contributed by atoms with Crippen molar-refractivity contribution in [2.75, 3.05) is 5.73 Å². The minimum Gasteiger partial charge on any atom is -0.397 e. The van der Waals surface area contributed by atoms with Gasteiger partial charge in [0.15, 0.2) is 0 Å². The van der Waals surface area contributed by atoms with Crippen molar-refractivity contribution in [3.63, 3.8) is 0 Å². The smallest absolute Gasteiger partial charge is 0.113 e. The van der Waals surface area contributed by atoms with Gasteiger partial charge in [0.05, 0.1) is 23.6 Å². The number of halogens is 1. The molecular weight excluding hydrogens is 278 g/mol. The first kappa shape index (κ1) is 11.6. The molecule has 0 saturated heterocycles. The second kappa shape index (κ2) is 4.98. The van der Waals surface area contributed by atoms with E-state index in [0.717, 1.165) is 10.0 Å². The van der Waals surface area contributed by atoms with E-state index in [1.807, 2.05) is 24.3 Å². The predicted octanol–water partition coefficient (Wildman–Crippen LogP) is 3.08. The van der Waals surface area contributed by atoms with Crippen molar-refractivity contribution in [1.29, 1.82) is 5.26 Å². The zero-order valence-corrected chi connectivity index (χ0v) is 10.6. The van der Waals surface area contributed by atoms with Gasteiger partial charge in [0, 0.05) is 4.47 Å². The van der Waals surface area contributed by atoms with E-state index in [2.05, 4.69) is 27.0 Å². The van der Waals surface area contributed by atoms with Gasteiger partial charge in [-0.05, 0) is 29.8 Å².